The number of halogens is 1. The minimum Gasteiger partial charge on any atom is -0.355 e. The van der Waals surface area contributed by atoms with Crippen molar-refractivity contribution in [2.45, 2.75) is 39.5 Å². The van der Waals surface area contributed by atoms with Gasteiger partial charge in [0.1, 0.15) is 16.6 Å². The van der Waals surface area contributed by atoms with Crippen LogP contribution in [0.25, 0.3) is 0 Å². The molecule has 0 bridgehead atoms. The van der Waals surface area contributed by atoms with Gasteiger partial charge in [0.05, 0.1) is 12.1 Å². The third-order valence-electron chi connectivity index (χ3n) is 5.66. The number of hydrogen-bond donors (Lipinski definition) is 1. The molecule has 0 aromatic heterocycles. The van der Waals surface area contributed by atoms with Gasteiger partial charge in [0.2, 0.25) is 11.8 Å². The summed E-state index contributed by atoms with van der Waals surface area (Å²) in [6.07, 6.45) is 2.02. The molecule has 3 rings (SSSR count). The van der Waals surface area contributed by atoms with Gasteiger partial charge in [0.15, 0.2) is 0 Å². The lowest BCUT2D eigenvalue weighted by Crippen LogP contribution is -2.37. The lowest BCUT2D eigenvalue weighted by molar-refractivity contribution is -0.131. The van der Waals surface area contributed by atoms with Gasteiger partial charge in [-0.05, 0) is 49.9 Å². The number of benzene rings is 1. The minimum atomic E-state index is -1.09. The smallest absolute Gasteiger partial charge is 0.260 e. The van der Waals surface area contributed by atoms with E-state index in [2.05, 4.69) is 11.4 Å². The fourth-order valence-corrected chi connectivity index (χ4v) is 3.42. The maximum Gasteiger partial charge on any atom is 0.260 e. The zero-order valence-electron chi connectivity index (χ0n) is 16.5. The summed E-state index contributed by atoms with van der Waals surface area (Å²) >= 11 is 0. The highest BCUT2D eigenvalue weighted by Gasteiger charge is 2.48. The molecule has 2 unspecified atom stereocenters. The van der Waals surface area contributed by atoms with E-state index in [1.807, 2.05) is 13.0 Å². The van der Waals surface area contributed by atoms with Crippen molar-refractivity contribution in [3.8, 4) is 12.1 Å². The van der Waals surface area contributed by atoms with Gasteiger partial charge < -0.3 is 5.32 Å². The molecule has 2 aliphatic rings. The highest BCUT2D eigenvalue weighted by atomic mass is 19.1. The summed E-state index contributed by atoms with van der Waals surface area (Å²) in [5.41, 5.74) is -1.55. The first-order chi connectivity index (χ1) is 13.8. The van der Waals surface area contributed by atoms with Crippen molar-refractivity contribution in [2.75, 3.05) is 13.1 Å². The van der Waals surface area contributed by atoms with Crippen molar-refractivity contribution in [1.29, 1.82) is 10.5 Å². The number of likely N-dealkylation sites (tertiary alicyclic amines) is 1. The molecule has 1 N–H and O–H groups in total. The number of imide groups is 1. The third-order valence-corrected chi connectivity index (χ3v) is 5.66. The maximum atomic E-state index is 12.8. The highest BCUT2D eigenvalue weighted by Crippen LogP contribution is 2.35. The van der Waals surface area contributed by atoms with E-state index < -0.39 is 28.5 Å². The summed E-state index contributed by atoms with van der Waals surface area (Å²) in [7, 11) is 0. The molecular weight excluding hydrogens is 375 g/mol. The van der Waals surface area contributed by atoms with Crippen LogP contribution in [0.3, 0.4) is 0 Å². The number of nitriles is 2. The van der Waals surface area contributed by atoms with Crippen LogP contribution >= 0.6 is 0 Å². The molecule has 2 saturated heterocycles. The van der Waals surface area contributed by atoms with Gasteiger partial charge >= 0.3 is 0 Å². The topological polar surface area (TPSA) is 114 Å². The van der Waals surface area contributed by atoms with E-state index in [0.29, 0.717) is 32.2 Å². The van der Waals surface area contributed by atoms with Crippen LogP contribution < -0.4 is 5.32 Å². The van der Waals surface area contributed by atoms with E-state index in [1.54, 1.807) is 6.92 Å². The molecule has 0 spiro atoms. The fraction of sp³-hybridized carbons (Fsp3) is 0.476. The van der Waals surface area contributed by atoms with Crippen molar-refractivity contribution in [3.63, 3.8) is 0 Å². The fourth-order valence-electron chi connectivity index (χ4n) is 3.42. The first-order valence-corrected chi connectivity index (χ1v) is 9.52. The molecule has 0 aliphatic carbocycles. The number of nitrogens with one attached hydrogen (secondary N) is 1. The van der Waals surface area contributed by atoms with Crippen LogP contribution in [0, 0.1) is 39.3 Å². The Kier molecular flexibility index (Phi) is 6.71. The normalized spacial score (nSPS) is 25.5. The van der Waals surface area contributed by atoms with Crippen LogP contribution in [0.1, 0.15) is 49.9 Å². The first kappa shape index (κ1) is 22.0. The molecule has 2 heterocycles. The van der Waals surface area contributed by atoms with Gasteiger partial charge in [-0.3, -0.25) is 19.3 Å². The third kappa shape index (κ3) is 4.12. The Balaban J connectivity index is 0.000000253. The average molecular weight is 398 g/mol. The highest BCUT2D eigenvalue weighted by molar-refractivity contribution is 6.08. The molecule has 8 heteroatoms. The molecule has 1 aromatic carbocycles. The predicted molar refractivity (Wildman–Crippen MR) is 101 cm³/mol. The molecule has 3 amide bonds. The molecular formula is C21H23FN4O3. The molecule has 1 aromatic rings. The van der Waals surface area contributed by atoms with Gasteiger partial charge in [-0.1, -0.05) is 13.8 Å². The second-order valence-corrected chi connectivity index (χ2v) is 7.12. The molecule has 2 fully saturated rings. The maximum absolute atomic E-state index is 12.8. The van der Waals surface area contributed by atoms with Crippen molar-refractivity contribution >= 4 is 17.7 Å². The second kappa shape index (κ2) is 8.83. The minimum absolute atomic E-state index is 0.0995. The summed E-state index contributed by atoms with van der Waals surface area (Å²) in [5, 5.41) is 20.5. The molecule has 29 heavy (non-hydrogen) atoms. The van der Waals surface area contributed by atoms with E-state index in [-0.39, 0.29) is 18.0 Å². The predicted octanol–water partition coefficient (Wildman–Crippen LogP) is 2.54. The Morgan fingerprint density at radius 3 is 2.07 bits per heavy atom. The van der Waals surface area contributed by atoms with Crippen molar-refractivity contribution in [1.82, 2.24) is 10.2 Å². The second-order valence-electron chi connectivity index (χ2n) is 7.12. The van der Waals surface area contributed by atoms with Gasteiger partial charge in [-0.15, -0.1) is 0 Å². The van der Waals surface area contributed by atoms with Gasteiger partial charge in [-0.25, -0.2) is 4.39 Å². The summed E-state index contributed by atoms with van der Waals surface area (Å²) < 4.78 is 12.8. The Labute approximate surface area is 169 Å². The lowest BCUT2D eigenvalue weighted by atomic mass is 9.85. The number of carbonyl (C=O) groups excluding carboxylic acids is 3. The van der Waals surface area contributed by atoms with Crippen molar-refractivity contribution in [3.05, 3.63) is 35.6 Å². The largest absolute Gasteiger partial charge is 0.355 e. The van der Waals surface area contributed by atoms with Crippen LogP contribution in [0.5, 0.6) is 0 Å². The molecule has 7 nitrogen and oxygen atoms in total. The monoisotopic (exact) mass is 398 g/mol. The Morgan fingerprint density at radius 2 is 1.69 bits per heavy atom. The van der Waals surface area contributed by atoms with Crippen LogP contribution in [0.15, 0.2) is 24.3 Å². The van der Waals surface area contributed by atoms with E-state index in [1.165, 1.54) is 24.3 Å². The number of hydrogen-bond acceptors (Lipinski definition) is 5. The lowest BCUT2D eigenvalue weighted by Gasteiger charge is -2.18. The van der Waals surface area contributed by atoms with Crippen molar-refractivity contribution in [2.24, 2.45) is 10.8 Å². The number of rotatable bonds is 3. The van der Waals surface area contributed by atoms with Crippen LogP contribution in [-0.2, 0) is 9.59 Å². The Bertz CT molecular complexity index is 887. The Hall–Kier alpha value is -3.26. The van der Waals surface area contributed by atoms with Gasteiger partial charge in [-0.2, -0.15) is 10.5 Å². The number of carbonyl (C=O) groups is 3. The number of amides is 3. The average Bonchev–Trinajstić information content (AvgIpc) is 3.28. The van der Waals surface area contributed by atoms with E-state index >= 15 is 0 Å². The first-order valence-electron chi connectivity index (χ1n) is 9.52. The van der Waals surface area contributed by atoms with Gasteiger partial charge in [0.25, 0.3) is 5.91 Å². The summed E-state index contributed by atoms with van der Waals surface area (Å²) in [5.74, 6) is -1.47. The van der Waals surface area contributed by atoms with E-state index in [4.69, 9.17) is 10.5 Å². The molecule has 0 saturated carbocycles. The number of nitrogens with zero attached hydrogens (tertiary/aromatic N) is 3. The van der Waals surface area contributed by atoms with Crippen molar-refractivity contribution < 1.29 is 18.8 Å². The summed E-state index contributed by atoms with van der Waals surface area (Å²) in [4.78, 5) is 36.4. The van der Waals surface area contributed by atoms with Crippen LogP contribution in [-0.4, -0.2) is 35.7 Å². The zero-order valence-corrected chi connectivity index (χ0v) is 16.5. The summed E-state index contributed by atoms with van der Waals surface area (Å²) in [6.45, 7) is 4.51. The molecule has 0 radical (unpaired) electrons. The molecule has 2 atom stereocenters. The van der Waals surface area contributed by atoms with E-state index in [9.17, 15) is 18.8 Å². The van der Waals surface area contributed by atoms with Crippen LogP contribution in [0.4, 0.5) is 4.39 Å². The molecule has 152 valence electrons. The standard InChI is InChI=1S/C14H13FN2O2.C7H10N2O/c1-2-14(9-16)7-8-17(13(14)19)12(18)10-3-5-11(15)6-4-10;1-2-7(5-8)3-4-9-6(7)10/h3-6H,2,7-8H2,1H3;2-4H2,1H3,(H,9,10). The molecule has 2 aliphatic heterocycles. The zero-order chi connectivity index (χ0) is 21.7. The summed E-state index contributed by atoms with van der Waals surface area (Å²) in [6, 6.07) is 9.10. The van der Waals surface area contributed by atoms with E-state index in [0.717, 1.165) is 4.90 Å². The SMILES string of the molecule is CCC1(C#N)CCN(C(=O)c2ccc(F)cc2)C1=O.CCC1(C#N)CCNC1=O. The Morgan fingerprint density at radius 1 is 1.10 bits per heavy atom. The van der Waals surface area contributed by atoms with Gasteiger partial charge in [0, 0.05) is 18.7 Å². The quantitative estimate of drug-likeness (QED) is 0.786. The van der Waals surface area contributed by atoms with Crippen LogP contribution in [0.2, 0.25) is 0 Å².